The zero-order valence-corrected chi connectivity index (χ0v) is 7.34. The molecule has 0 radical (unpaired) electrons. The second-order valence-electron chi connectivity index (χ2n) is 3.85. The lowest BCUT2D eigenvalue weighted by atomic mass is 9.99. The second-order valence-corrected chi connectivity index (χ2v) is 3.85. The average molecular weight is 166 g/mol. The van der Waals surface area contributed by atoms with Gasteiger partial charge in [0.2, 0.25) is 5.91 Å². The summed E-state index contributed by atoms with van der Waals surface area (Å²) in [4.78, 5) is 10.6. The highest BCUT2D eigenvalue weighted by atomic mass is 16.2. The van der Waals surface area contributed by atoms with Crippen molar-refractivity contribution in [1.82, 2.24) is 5.43 Å². The second kappa shape index (κ2) is 2.88. The number of fused-ring (bicyclic) bond motifs is 2. The molecule has 12 heavy (non-hydrogen) atoms. The van der Waals surface area contributed by atoms with Crippen LogP contribution >= 0.6 is 0 Å². The smallest absolute Gasteiger partial charge is 0.236 e. The number of carbonyl (C=O) groups is 1. The van der Waals surface area contributed by atoms with Crippen molar-refractivity contribution in [3.8, 4) is 0 Å². The van der Waals surface area contributed by atoms with Gasteiger partial charge in [-0.25, -0.2) is 5.43 Å². The minimum Gasteiger partial charge on any atom is -0.274 e. The van der Waals surface area contributed by atoms with E-state index in [4.69, 9.17) is 0 Å². The van der Waals surface area contributed by atoms with Crippen LogP contribution in [0, 0.1) is 11.8 Å². The third-order valence-electron chi connectivity index (χ3n) is 2.87. The molecule has 0 spiro atoms. The normalized spacial score (nSPS) is 35.9. The molecule has 2 fully saturated rings. The van der Waals surface area contributed by atoms with Gasteiger partial charge in [-0.05, 0) is 37.5 Å². The summed E-state index contributed by atoms with van der Waals surface area (Å²) < 4.78 is 0. The van der Waals surface area contributed by atoms with Crippen LogP contribution in [-0.4, -0.2) is 11.6 Å². The maximum absolute atomic E-state index is 10.6. The number of hydrogen-bond acceptors (Lipinski definition) is 2. The first-order valence-electron chi connectivity index (χ1n) is 4.58. The Morgan fingerprint density at radius 1 is 1.58 bits per heavy atom. The Balaban J connectivity index is 1.97. The molecule has 2 atom stereocenters. The molecule has 0 aromatic rings. The molecule has 2 aliphatic carbocycles. The standard InChI is InChI=1S/C9H14N2O/c1-6(12)10-11-9-5-7-2-3-8(9)4-7/h7-8H,2-5H2,1H3,(H,10,12)/b11-9+. The lowest BCUT2D eigenvalue weighted by molar-refractivity contribution is -0.118. The lowest BCUT2D eigenvalue weighted by Crippen LogP contribution is -2.19. The molecule has 3 nitrogen and oxygen atoms in total. The van der Waals surface area contributed by atoms with Gasteiger partial charge in [0.1, 0.15) is 0 Å². The van der Waals surface area contributed by atoms with Gasteiger partial charge < -0.3 is 0 Å². The van der Waals surface area contributed by atoms with Crippen molar-refractivity contribution in [2.45, 2.75) is 32.6 Å². The maximum atomic E-state index is 10.6. The number of rotatable bonds is 1. The minimum atomic E-state index is -0.0646. The third kappa shape index (κ3) is 1.36. The molecule has 2 bridgehead atoms. The van der Waals surface area contributed by atoms with Crippen LogP contribution in [0.1, 0.15) is 32.6 Å². The number of hydrogen-bond donors (Lipinski definition) is 1. The van der Waals surface area contributed by atoms with E-state index in [0.717, 1.165) is 12.3 Å². The number of amides is 1. The first kappa shape index (κ1) is 7.77. The monoisotopic (exact) mass is 166 g/mol. The molecule has 66 valence electrons. The van der Waals surface area contributed by atoms with E-state index in [0.29, 0.717) is 5.92 Å². The molecule has 2 rings (SSSR count). The van der Waals surface area contributed by atoms with Crippen LogP contribution in [0.5, 0.6) is 0 Å². The topological polar surface area (TPSA) is 41.5 Å². The zero-order chi connectivity index (χ0) is 8.55. The summed E-state index contributed by atoms with van der Waals surface area (Å²) in [7, 11) is 0. The summed E-state index contributed by atoms with van der Waals surface area (Å²) >= 11 is 0. The van der Waals surface area contributed by atoms with E-state index >= 15 is 0 Å². The fourth-order valence-corrected chi connectivity index (χ4v) is 2.31. The average Bonchev–Trinajstić information content (AvgIpc) is 2.60. The largest absolute Gasteiger partial charge is 0.274 e. The molecule has 0 aromatic carbocycles. The number of nitrogens with zero attached hydrogens (tertiary/aromatic N) is 1. The van der Waals surface area contributed by atoms with Crippen molar-refractivity contribution < 1.29 is 4.79 Å². The molecular formula is C9H14N2O. The van der Waals surface area contributed by atoms with Crippen LogP contribution in [0.2, 0.25) is 0 Å². The SMILES string of the molecule is CC(=O)N/N=C1\CC2CCC1C2. The summed E-state index contributed by atoms with van der Waals surface area (Å²) in [5, 5.41) is 4.12. The number of hydrazone groups is 1. The summed E-state index contributed by atoms with van der Waals surface area (Å²) in [5.41, 5.74) is 3.74. The first-order valence-corrected chi connectivity index (χ1v) is 4.58. The Morgan fingerprint density at radius 2 is 2.42 bits per heavy atom. The van der Waals surface area contributed by atoms with E-state index in [1.54, 1.807) is 0 Å². The highest BCUT2D eigenvalue weighted by Gasteiger charge is 2.36. The molecule has 0 aliphatic heterocycles. The Kier molecular flexibility index (Phi) is 1.87. The molecule has 2 aliphatic rings. The first-order chi connectivity index (χ1) is 5.75. The van der Waals surface area contributed by atoms with Gasteiger partial charge in [-0.2, -0.15) is 5.10 Å². The van der Waals surface area contributed by atoms with Crippen molar-refractivity contribution in [1.29, 1.82) is 0 Å². The predicted octanol–water partition coefficient (Wildman–Crippen LogP) is 1.30. The van der Waals surface area contributed by atoms with E-state index in [1.165, 1.54) is 31.9 Å². The van der Waals surface area contributed by atoms with Gasteiger partial charge in [0.05, 0.1) is 0 Å². The Hall–Kier alpha value is -0.860. The van der Waals surface area contributed by atoms with Crippen molar-refractivity contribution >= 4 is 11.6 Å². The molecule has 2 saturated carbocycles. The molecule has 1 N–H and O–H groups in total. The van der Waals surface area contributed by atoms with Crippen LogP contribution in [0.15, 0.2) is 5.10 Å². The van der Waals surface area contributed by atoms with Gasteiger partial charge in [0.15, 0.2) is 0 Å². The minimum absolute atomic E-state index is 0.0646. The lowest BCUT2D eigenvalue weighted by Gasteiger charge is -2.10. The molecular weight excluding hydrogens is 152 g/mol. The van der Waals surface area contributed by atoms with Gasteiger partial charge in [0, 0.05) is 12.6 Å². The van der Waals surface area contributed by atoms with Crippen LogP contribution in [0.3, 0.4) is 0 Å². The van der Waals surface area contributed by atoms with Gasteiger partial charge in [-0.3, -0.25) is 4.79 Å². The van der Waals surface area contributed by atoms with Gasteiger partial charge in [0.25, 0.3) is 0 Å². The van der Waals surface area contributed by atoms with E-state index in [1.807, 2.05) is 0 Å². The van der Waals surface area contributed by atoms with Crippen LogP contribution in [0.25, 0.3) is 0 Å². The number of nitrogens with one attached hydrogen (secondary N) is 1. The molecule has 0 aromatic heterocycles. The maximum Gasteiger partial charge on any atom is 0.236 e. The van der Waals surface area contributed by atoms with E-state index in [9.17, 15) is 4.79 Å². The fourth-order valence-electron chi connectivity index (χ4n) is 2.31. The fraction of sp³-hybridized carbons (Fsp3) is 0.778. The Bertz CT molecular complexity index is 235. The van der Waals surface area contributed by atoms with Crippen LogP contribution < -0.4 is 5.43 Å². The van der Waals surface area contributed by atoms with E-state index < -0.39 is 0 Å². The van der Waals surface area contributed by atoms with E-state index in [-0.39, 0.29) is 5.91 Å². The van der Waals surface area contributed by atoms with Gasteiger partial charge in [-0.15, -0.1) is 0 Å². The van der Waals surface area contributed by atoms with E-state index in [2.05, 4.69) is 10.5 Å². The van der Waals surface area contributed by atoms with Crippen LogP contribution in [0.4, 0.5) is 0 Å². The molecule has 3 heteroatoms. The van der Waals surface area contributed by atoms with Gasteiger partial charge >= 0.3 is 0 Å². The van der Waals surface area contributed by atoms with Gasteiger partial charge in [-0.1, -0.05) is 0 Å². The summed E-state index contributed by atoms with van der Waals surface area (Å²) in [6.07, 6.45) is 5.07. The van der Waals surface area contributed by atoms with Crippen molar-refractivity contribution in [2.75, 3.05) is 0 Å². The van der Waals surface area contributed by atoms with Crippen LogP contribution in [-0.2, 0) is 4.79 Å². The highest BCUT2D eigenvalue weighted by molar-refractivity contribution is 5.90. The summed E-state index contributed by atoms with van der Waals surface area (Å²) in [5.74, 6) is 1.48. The van der Waals surface area contributed by atoms with Crippen molar-refractivity contribution in [3.63, 3.8) is 0 Å². The molecule has 1 amide bonds. The Morgan fingerprint density at radius 3 is 2.92 bits per heavy atom. The molecule has 0 heterocycles. The Labute approximate surface area is 72.2 Å². The molecule has 0 saturated heterocycles. The quantitative estimate of drug-likeness (QED) is 0.586. The zero-order valence-electron chi connectivity index (χ0n) is 7.34. The third-order valence-corrected chi connectivity index (χ3v) is 2.87. The predicted molar refractivity (Wildman–Crippen MR) is 46.7 cm³/mol. The van der Waals surface area contributed by atoms with Crippen molar-refractivity contribution in [3.05, 3.63) is 0 Å². The van der Waals surface area contributed by atoms with Crippen molar-refractivity contribution in [2.24, 2.45) is 16.9 Å². The summed E-state index contributed by atoms with van der Waals surface area (Å²) in [6, 6.07) is 0. The summed E-state index contributed by atoms with van der Waals surface area (Å²) in [6.45, 7) is 1.50. The molecule has 2 unspecified atom stereocenters. The highest BCUT2D eigenvalue weighted by Crippen LogP contribution is 2.42. The number of carbonyl (C=O) groups excluding carboxylic acids is 1.